The van der Waals surface area contributed by atoms with Gasteiger partial charge in [0.25, 0.3) is 0 Å². The van der Waals surface area contributed by atoms with Crippen LogP contribution in [0.5, 0.6) is 0 Å². The Hall–Kier alpha value is -2.64. The van der Waals surface area contributed by atoms with E-state index >= 15 is 0 Å². The van der Waals surface area contributed by atoms with Crippen LogP contribution in [0, 0.1) is 5.92 Å². The number of rotatable bonds is 5. The van der Waals surface area contributed by atoms with Crippen LogP contribution in [-0.4, -0.2) is 35.5 Å². The third-order valence-corrected chi connectivity index (χ3v) is 4.73. The molecule has 0 radical (unpaired) electrons. The third kappa shape index (κ3) is 5.18. The van der Waals surface area contributed by atoms with Crippen molar-refractivity contribution >= 4 is 11.7 Å². The van der Waals surface area contributed by atoms with Crippen LogP contribution in [0.1, 0.15) is 24.0 Å². The van der Waals surface area contributed by atoms with Gasteiger partial charge < -0.3 is 10.2 Å². The van der Waals surface area contributed by atoms with E-state index in [0.717, 1.165) is 49.4 Å². The fourth-order valence-electron chi connectivity index (χ4n) is 3.16. The molecule has 144 valence electrons. The summed E-state index contributed by atoms with van der Waals surface area (Å²) in [5.74, 6) is 0.768. The molecule has 0 saturated carbocycles. The van der Waals surface area contributed by atoms with E-state index in [0.29, 0.717) is 13.0 Å². The van der Waals surface area contributed by atoms with Crippen LogP contribution in [-0.2, 0) is 17.4 Å². The van der Waals surface area contributed by atoms with Gasteiger partial charge in [-0.25, -0.2) is 4.98 Å². The fourth-order valence-corrected chi connectivity index (χ4v) is 3.16. The number of halogens is 3. The lowest BCUT2D eigenvalue weighted by molar-refractivity contribution is -0.137. The first kappa shape index (κ1) is 19.1. The molecule has 1 N–H and O–H groups in total. The molecule has 0 atom stereocenters. The SMILES string of the molecule is O=C(NCCc1ccc(C(F)(F)F)cc1)C1CCN(c2cnccn2)CC1. The number of piperidine rings is 1. The average Bonchev–Trinajstić information content (AvgIpc) is 2.68. The van der Waals surface area contributed by atoms with Crippen LogP contribution in [0.3, 0.4) is 0 Å². The Morgan fingerprint density at radius 1 is 1.15 bits per heavy atom. The predicted octanol–water partition coefficient (Wildman–Crippen LogP) is 3.07. The van der Waals surface area contributed by atoms with E-state index in [-0.39, 0.29) is 11.8 Å². The van der Waals surface area contributed by atoms with Gasteiger partial charge in [-0.2, -0.15) is 13.2 Å². The Labute approximate surface area is 155 Å². The number of nitrogens with one attached hydrogen (secondary N) is 1. The summed E-state index contributed by atoms with van der Waals surface area (Å²) in [6, 6.07) is 5.04. The van der Waals surface area contributed by atoms with Crippen LogP contribution < -0.4 is 10.2 Å². The summed E-state index contributed by atoms with van der Waals surface area (Å²) >= 11 is 0. The minimum atomic E-state index is -4.33. The smallest absolute Gasteiger partial charge is 0.356 e. The van der Waals surface area contributed by atoms with E-state index < -0.39 is 11.7 Å². The number of benzene rings is 1. The van der Waals surface area contributed by atoms with Gasteiger partial charge in [-0.15, -0.1) is 0 Å². The first-order valence-electron chi connectivity index (χ1n) is 8.88. The number of hydrogen-bond acceptors (Lipinski definition) is 4. The summed E-state index contributed by atoms with van der Waals surface area (Å²) in [5, 5.41) is 2.89. The zero-order valence-electron chi connectivity index (χ0n) is 14.7. The topological polar surface area (TPSA) is 58.1 Å². The second-order valence-electron chi connectivity index (χ2n) is 6.56. The van der Waals surface area contributed by atoms with Gasteiger partial charge in [-0.3, -0.25) is 9.78 Å². The molecule has 5 nitrogen and oxygen atoms in total. The van der Waals surface area contributed by atoms with E-state index in [2.05, 4.69) is 20.2 Å². The van der Waals surface area contributed by atoms with Gasteiger partial charge in [0.15, 0.2) is 0 Å². The van der Waals surface area contributed by atoms with Crippen molar-refractivity contribution in [1.82, 2.24) is 15.3 Å². The molecule has 8 heteroatoms. The number of carbonyl (C=O) groups is 1. The maximum atomic E-state index is 12.6. The van der Waals surface area contributed by atoms with Crippen LogP contribution in [0.25, 0.3) is 0 Å². The van der Waals surface area contributed by atoms with E-state index in [4.69, 9.17) is 0 Å². The van der Waals surface area contributed by atoms with E-state index in [1.54, 1.807) is 18.6 Å². The van der Waals surface area contributed by atoms with E-state index in [1.807, 2.05) is 0 Å². The summed E-state index contributed by atoms with van der Waals surface area (Å²) in [6.07, 6.45) is 2.64. The van der Waals surface area contributed by atoms with Gasteiger partial charge in [0.05, 0.1) is 11.8 Å². The highest BCUT2D eigenvalue weighted by atomic mass is 19.4. The van der Waals surface area contributed by atoms with Crippen LogP contribution >= 0.6 is 0 Å². The highest BCUT2D eigenvalue weighted by Gasteiger charge is 2.30. The summed E-state index contributed by atoms with van der Waals surface area (Å²) in [7, 11) is 0. The number of hydrogen-bond donors (Lipinski definition) is 1. The Morgan fingerprint density at radius 2 is 1.85 bits per heavy atom. The molecule has 2 aromatic rings. The molecule has 2 heterocycles. The Morgan fingerprint density at radius 3 is 2.44 bits per heavy atom. The molecule has 27 heavy (non-hydrogen) atoms. The van der Waals surface area contributed by atoms with Gasteiger partial charge in [-0.05, 0) is 37.0 Å². The lowest BCUT2D eigenvalue weighted by Gasteiger charge is -2.31. The predicted molar refractivity (Wildman–Crippen MR) is 95.1 cm³/mol. The monoisotopic (exact) mass is 378 g/mol. The third-order valence-electron chi connectivity index (χ3n) is 4.73. The number of aromatic nitrogens is 2. The maximum Gasteiger partial charge on any atom is 0.416 e. The second-order valence-corrected chi connectivity index (χ2v) is 6.56. The highest BCUT2D eigenvalue weighted by Crippen LogP contribution is 2.29. The van der Waals surface area contributed by atoms with Crippen molar-refractivity contribution in [2.24, 2.45) is 5.92 Å². The molecule has 1 aromatic heterocycles. The van der Waals surface area contributed by atoms with Crippen LogP contribution in [0.2, 0.25) is 0 Å². The number of carbonyl (C=O) groups excluding carboxylic acids is 1. The standard InChI is InChI=1S/C19H21F3N4O/c20-19(21,22)16-3-1-14(2-4-16)5-8-25-18(27)15-6-11-26(12-7-15)17-13-23-9-10-24-17/h1-4,9-10,13,15H,5-8,11-12H2,(H,25,27). The Kier molecular flexibility index (Phi) is 5.93. The minimum absolute atomic E-state index is 0.000655. The normalized spacial score (nSPS) is 15.6. The quantitative estimate of drug-likeness (QED) is 0.869. The second kappa shape index (κ2) is 8.37. The average molecular weight is 378 g/mol. The van der Waals surface area contributed by atoms with Crippen molar-refractivity contribution in [3.63, 3.8) is 0 Å². The van der Waals surface area contributed by atoms with Gasteiger partial charge in [0, 0.05) is 37.9 Å². The van der Waals surface area contributed by atoms with Crippen molar-refractivity contribution in [2.75, 3.05) is 24.5 Å². The lowest BCUT2D eigenvalue weighted by atomic mass is 9.96. The van der Waals surface area contributed by atoms with Crippen molar-refractivity contribution < 1.29 is 18.0 Å². The highest BCUT2D eigenvalue weighted by molar-refractivity contribution is 5.79. The molecular formula is C19H21F3N4O. The molecule has 0 unspecified atom stereocenters. The maximum absolute atomic E-state index is 12.6. The Bertz CT molecular complexity index is 742. The molecule has 0 spiro atoms. The first-order valence-corrected chi connectivity index (χ1v) is 8.88. The molecule has 1 saturated heterocycles. The molecule has 1 fully saturated rings. The summed E-state index contributed by atoms with van der Waals surface area (Å²) in [4.78, 5) is 22.7. The molecule has 0 aliphatic carbocycles. The first-order chi connectivity index (χ1) is 12.9. The summed E-state index contributed by atoms with van der Waals surface area (Å²) in [6.45, 7) is 1.90. The number of alkyl halides is 3. The zero-order chi connectivity index (χ0) is 19.3. The van der Waals surface area contributed by atoms with Gasteiger partial charge in [0.2, 0.25) is 5.91 Å². The summed E-state index contributed by atoms with van der Waals surface area (Å²) < 4.78 is 37.7. The summed E-state index contributed by atoms with van der Waals surface area (Å²) in [5.41, 5.74) is 0.103. The molecule has 0 bridgehead atoms. The molecule has 3 rings (SSSR count). The fraction of sp³-hybridized carbons (Fsp3) is 0.421. The minimum Gasteiger partial charge on any atom is -0.356 e. The van der Waals surface area contributed by atoms with Crippen molar-refractivity contribution in [2.45, 2.75) is 25.4 Å². The molecule has 1 aromatic carbocycles. The van der Waals surface area contributed by atoms with Gasteiger partial charge in [0.1, 0.15) is 5.82 Å². The number of nitrogens with zero attached hydrogens (tertiary/aromatic N) is 3. The molecule has 1 amide bonds. The number of anilines is 1. The van der Waals surface area contributed by atoms with Crippen LogP contribution in [0.4, 0.5) is 19.0 Å². The Balaban J connectivity index is 1.41. The molecule has 1 aliphatic heterocycles. The zero-order valence-corrected chi connectivity index (χ0v) is 14.7. The van der Waals surface area contributed by atoms with Crippen molar-refractivity contribution in [3.8, 4) is 0 Å². The van der Waals surface area contributed by atoms with E-state index in [9.17, 15) is 18.0 Å². The molecule has 1 aliphatic rings. The lowest BCUT2D eigenvalue weighted by Crippen LogP contribution is -2.41. The number of amides is 1. The van der Waals surface area contributed by atoms with Crippen molar-refractivity contribution in [1.29, 1.82) is 0 Å². The largest absolute Gasteiger partial charge is 0.416 e. The molecular weight excluding hydrogens is 357 g/mol. The van der Waals surface area contributed by atoms with Crippen molar-refractivity contribution in [3.05, 3.63) is 54.0 Å². The van der Waals surface area contributed by atoms with Gasteiger partial charge in [-0.1, -0.05) is 12.1 Å². The van der Waals surface area contributed by atoms with Crippen LogP contribution in [0.15, 0.2) is 42.9 Å². The van der Waals surface area contributed by atoms with Gasteiger partial charge >= 0.3 is 6.18 Å². The van der Waals surface area contributed by atoms with E-state index in [1.165, 1.54) is 12.1 Å².